The summed E-state index contributed by atoms with van der Waals surface area (Å²) in [5, 5.41) is 18.1. The molecule has 0 aromatic carbocycles. The van der Waals surface area contributed by atoms with Crippen molar-refractivity contribution in [2.75, 3.05) is 5.75 Å². The van der Waals surface area contributed by atoms with Gasteiger partial charge in [-0.15, -0.1) is 0 Å². The minimum absolute atomic E-state index is 0.101. The molecule has 1 aromatic rings. The van der Waals surface area contributed by atoms with Gasteiger partial charge in [0, 0.05) is 24.1 Å². The van der Waals surface area contributed by atoms with Gasteiger partial charge in [-0.25, -0.2) is 0 Å². The standard InChI is InChI=1S/C15H21NO4S/c1-2-21-13(9-11-5-7-16-8-6-11)10-12(15(19)20)3-4-14(17)18/h5-8,12-13H,2-4,9-10H2,1H3,(H,17,18)(H,19,20). The summed E-state index contributed by atoms with van der Waals surface area (Å²) in [7, 11) is 0. The van der Waals surface area contributed by atoms with Crippen molar-refractivity contribution in [3.8, 4) is 0 Å². The summed E-state index contributed by atoms with van der Waals surface area (Å²) in [6, 6.07) is 3.85. The number of pyridine rings is 1. The first-order valence-electron chi connectivity index (χ1n) is 6.98. The van der Waals surface area contributed by atoms with Crippen molar-refractivity contribution in [2.24, 2.45) is 5.92 Å². The van der Waals surface area contributed by atoms with E-state index in [1.165, 1.54) is 0 Å². The predicted molar refractivity (Wildman–Crippen MR) is 82.5 cm³/mol. The maximum Gasteiger partial charge on any atom is 0.306 e. The van der Waals surface area contributed by atoms with Gasteiger partial charge in [0.1, 0.15) is 0 Å². The maximum atomic E-state index is 11.3. The Morgan fingerprint density at radius 1 is 1.29 bits per heavy atom. The molecule has 0 aliphatic carbocycles. The fraction of sp³-hybridized carbons (Fsp3) is 0.533. The third-order valence-electron chi connectivity index (χ3n) is 3.22. The molecule has 116 valence electrons. The van der Waals surface area contributed by atoms with Crippen molar-refractivity contribution in [3.05, 3.63) is 30.1 Å². The van der Waals surface area contributed by atoms with Gasteiger partial charge in [-0.05, 0) is 42.7 Å². The fourth-order valence-electron chi connectivity index (χ4n) is 2.18. The smallest absolute Gasteiger partial charge is 0.306 e. The van der Waals surface area contributed by atoms with Crippen molar-refractivity contribution in [1.82, 2.24) is 4.98 Å². The Morgan fingerprint density at radius 3 is 2.48 bits per heavy atom. The molecule has 2 N–H and O–H groups in total. The lowest BCUT2D eigenvalue weighted by atomic mass is 9.95. The van der Waals surface area contributed by atoms with Gasteiger partial charge in [-0.3, -0.25) is 14.6 Å². The molecule has 0 aliphatic rings. The van der Waals surface area contributed by atoms with E-state index in [0.717, 1.165) is 17.7 Å². The molecule has 0 saturated carbocycles. The van der Waals surface area contributed by atoms with Crippen LogP contribution in [0.1, 0.15) is 31.7 Å². The second kappa shape index (κ2) is 9.39. The molecule has 1 aromatic heterocycles. The Hall–Kier alpha value is -1.56. The van der Waals surface area contributed by atoms with Gasteiger partial charge in [0.15, 0.2) is 0 Å². The summed E-state index contributed by atoms with van der Waals surface area (Å²) in [6.45, 7) is 2.04. The zero-order valence-corrected chi connectivity index (χ0v) is 12.9. The first-order valence-corrected chi connectivity index (χ1v) is 8.02. The normalized spacial score (nSPS) is 13.6. The molecule has 0 bridgehead atoms. The highest BCUT2D eigenvalue weighted by Gasteiger charge is 2.23. The molecule has 0 aliphatic heterocycles. The van der Waals surface area contributed by atoms with Crippen molar-refractivity contribution in [2.45, 2.75) is 37.9 Å². The van der Waals surface area contributed by atoms with Gasteiger partial charge in [-0.2, -0.15) is 11.8 Å². The highest BCUT2D eigenvalue weighted by Crippen LogP contribution is 2.25. The molecule has 21 heavy (non-hydrogen) atoms. The molecule has 0 fully saturated rings. The average Bonchev–Trinajstić information content (AvgIpc) is 2.44. The zero-order valence-electron chi connectivity index (χ0n) is 12.1. The van der Waals surface area contributed by atoms with E-state index >= 15 is 0 Å². The highest BCUT2D eigenvalue weighted by molar-refractivity contribution is 7.99. The van der Waals surface area contributed by atoms with Crippen LogP contribution in [0.3, 0.4) is 0 Å². The molecule has 2 unspecified atom stereocenters. The minimum atomic E-state index is -0.949. The van der Waals surface area contributed by atoms with Crippen LogP contribution in [0.5, 0.6) is 0 Å². The summed E-state index contributed by atoms with van der Waals surface area (Å²) in [5.41, 5.74) is 1.12. The minimum Gasteiger partial charge on any atom is -0.481 e. The number of carboxylic acid groups (broad SMARTS) is 2. The van der Waals surface area contributed by atoms with Gasteiger partial charge < -0.3 is 10.2 Å². The molecule has 2 atom stereocenters. The van der Waals surface area contributed by atoms with Crippen LogP contribution in [0.15, 0.2) is 24.5 Å². The Morgan fingerprint density at radius 2 is 1.95 bits per heavy atom. The number of aliphatic carboxylic acids is 2. The summed E-state index contributed by atoms with van der Waals surface area (Å²) in [4.78, 5) is 25.9. The zero-order chi connectivity index (χ0) is 15.7. The Balaban J connectivity index is 2.65. The molecular weight excluding hydrogens is 290 g/mol. The quantitative estimate of drug-likeness (QED) is 0.691. The summed E-state index contributed by atoms with van der Waals surface area (Å²) >= 11 is 1.72. The molecule has 0 amide bonds. The third-order valence-corrected chi connectivity index (χ3v) is 4.38. The van der Waals surface area contributed by atoms with E-state index in [9.17, 15) is 14.7 Å². The number of nitrogens with zero attached hydrogens (tertiary/aromatic N) is 1. The van der Waals surface area contributed by atoms with Gasteiger partial charge in [-0.1, -0.05) is 6.92 Å². The Kier molecular flexibility index (Phi) is 7.82. The SMILES string of the molecule is CCSC(Cc1ccncc1)CC(CCC(=O)O)C(=O)O. The van der Waals surface area contributed by atoms with Crippen LogP contribution in [0.25, 0.3) is 0 Å². The maximum absolute atomic E-state index is 11.3. The topological polar surface area (TPSA) is 87.5 Å². The molecule has 0 radical (unpaired) electrons. The van der Waals surface area contributed by atoms with Crippen LogP contribution < -0.4 is 0 Å². The molecule has 1 heterocycles. The van der Waals surface area contributed by atoms with Crippen LogP contribution in [0.4, 0.5) is 0 Å². The number of aromatic nitrogens is 1. The second-order valence-electron chi connectivity index (χ2n) is 4.84. The van der Waals surface area contributed by atoms with Crippen molar-refractivity contribution in [1.29, 1.82) is 0 Å². The van der Waals surface area contributed by atoms with Crippen molar-refractivity contribution < 1.29 is 19.8 Å². The summed E-state index contributed by atoms with van der Waals surface area (Å²) < 4.78 is 0. The highest BCUT2D eigenvalue weighted by atomic mass is 32.2. The predicted octanol–water partition coefficient (Wildman–Crippen LogP) is 2.70. The molecule has 6 heteroatoms. The summed E-state index contributed by atoms with van der Waals surface area (Å²) in [6.07, 6.45) is 4.79. The van der Waals surface area contributed by atoms with Gasteiger partial charge >= 0.3 is 11.9 Å². The van der Waals surface area contributed by atoms with Crippen molar-refractivity contribution in [3.63, 3.8) is 0 Å². The van der Waals surface area contributed by atoms with E-state index in [2.05, 4.69) is 4.98 Å². The number of hydrogen-bond acceptors (Lipinski definition) is 4. The number of carboxylic acids is 2. The van der Waals surface area contributed by atoms with Gasteiger partial charge in [0.05, 0.1) is 5.92 Å². The van der Waals surface area contributed by atoms with E-state index in [4.69, 9.17) is 5.11 Å². The monoisotopic (exact) mass is 311 g/mol. The van der Waals surface area contributed by atoms with Gasteiger partial charge in [0.2, 0.25) is 0 Å². The lowest BCUT2D eigenvalue weighted by molar-refractivity contribution is -0.143. The average molecular weight is 311 g/mol. The van der Waals surface area contributed by atoms with Crippen LogP contribution >= 0.6 is 11.8 Å². The van der Waals surface area contributed by atoms with Crippen LogP contribution in [0.2, 0.25) is 0 Å². The number of hydrogen-bond donors (Lipinski definition) is 2. The van der Waals surface area contributed by atoms with Crippen LogP contribution in [-0.2, 0) is 16.0 Å². The van der Waals surface area contributed by atoms with E-state index in [1.54, 1.807) is 24.2 Å². The van der Waals surface area contributed by atoms with Crippen LogP contribution in [0, 0.1) is 5.92 Å². The van der Waals surface area contributed by atoms with E-state index in [-0.39, 0.29) is 18.1 Å². The number of thioether (sulfide) groups is 1. The number of carbonyl (C=O) groups is 2. The molecule has 0 saturated heterocycles. The Bertz CT molecular complexity index is 452. The largest absolute Gasteiger partial charge is 0.481 e. The first kappa shape index (κ1) is 17.5. The van der Waals surface area contributed by atoms with Crippen LogP contribution in [-0.4, -0.2) is 38.1 Å². The lowest BCUT2D eigenvalue weighted by Crippen LogP contribution is -2.22. The van der Waals surface area contributed by atoms with E-state index in [1.807, 2.05) is 19.1 Å². The summed E-state index contributed by atoms with van der Waals surface area (Å²) in [5.74, 6) is -1.56. The molecule has 5 nitrogen and oxygen atoms in total. The molecule has 0 spiro atoms. The second-order valence-corrected chi connectivity index (χ2v) is 6.42. The van der Waals surface area contributed by atoms with E-state index in [0.29, 0.717) is 6.42 Å². The lowest BCUT2D eigenvalue weighted by Gasteiger charge is -2.20. The molecule has 1 rings (SSSR count). The van der Waals surface area contributed by atoms with Crippen molar-refractivity contribution >= 4 is 23.7 Å². The third kappa shape index (κ3) is 7.13. The van der Waals surface area contributed by atoms with E-state index < -0.39 is 17.9 Å². The number of rotatable bonds is 10. The molecular formula is C15H21NO4S. The first-order chi connectivity index (χ1) is 10.0. The van der Waals surface area contributed by atoms with Gasteiger partial charge in [0.25, 0.3) is 0 Å². The fourth-order valence-corrected chi connectivity index (χ4v) is 3.34. The Labute approximate surface area is 128 Å².